The Balaban J connectivity index is 1.33. The fourth-order valence-corrected chi connectivity index (χ4v) is 7.20. The second-order valence-electron chi connectivity index (χ2n) is 8.11. The van der Waals surface area contributed by atoms with Gasteiger partial charge in [0.1, 0.15) is 10.0 Å². The van der Waals surface area contributed by atoms with E-state index in [2.05, 4.69) is 10.2 Å². The first-order chi connectivity index (χ1) is 14.3. The van der Waals surface area contributed by atoms with E-state index in [1.54, 1.807) is 34.0 Å². The molecule has 162 valence electrons. The summed E-state index contributed by atoms with van der Waals surface area (Å²) in [5.41, 5.74) is 0.597. The molecule has 3 heterocycles. The molecule has 4 rings (SSSR count). The van der Waals surface area contributed by atoms with Crippen molar-refractivity contribution >= 4 is 33.0 Å². The number of piperidine rings is 1. The highest BCUT2D eigenvalue weighted by atomic mass is 32.2. The molecule has 1 N–H and O–H groups in total. The predicted molar refractivity (Wildman–Crippen MR) is 115 cm³/mol. The number of anilines is 1. The number of hydrogen-bond donors (Lipinski definition) is 1. The van der Waals surface area contributed by atoms with Crippen LogP contribution in [0.1, 0.15) is 19.3 Å². The van der Waals surface area contributed by atoms with E-state index in [0.29, 0.717) is 35.4 Å². The van der Waals surface area contributed by atoms with Crippen molar-refractivity contribution in [2.75, 3.05) is 32.0 Å². The first kappa shape index (κ1) is 21.4. The molecule has 2 saturated heterocycles. The highest BCUT2D eigenvalue weighted by Gasteiger charge is 2.40. The van der Waals surface area contributed by atoms with Crippen molar-refractivity contribution in [3.63, 3.8) is 0 Å². The zero-order chi connectivity index (χ0) is 21.3. The molecule has 1 amide bonds. The third-order valence-corrected chi connectivity index (χ3v) is 9.49. The summed E-state index contributed by atoms with van der Waals surface area (Å²) in [5.74, 6) is -0.138. The fourth-order valence-electron chi connectivity index (χ4n) is 4.59. The Kier molecular flexibility index (Phi) is 6.24. The molecule has 2 unspecified atom stereocenters. The molecule has 2 aliphatic rings. The normalized spacial score (nSPS) is 24.2. The van der Waals surface area contributed by atoms with Gasteiger partial charge in [0.25, 0.3) is 10.0 Å². The van der Waals surface area contributed by atoms with Crippen LogP contribution < -0.4 is 5.32 Å². The highest BCUT2D eigenvalue weighted by Crippen LogP contribution is 2.35. The number of nitrogens with zero attached hydrogens (tertiary/aromatic N) is 2. The summed E-state index contributed by atoms with van der Waals surface area (Å²) < 4.78 is 40.5. The van der Waals surface area contributed by atoms with Crippen LogP contribution in [-0.2, 0) is 14.8 Å². The number of amides is 1. The number of hydrogen-bond acceptors (Lipinski definition) is 5. The molecule has 30 heavy (non-hydrogen) atoms. The van der Waals surface area contributed by atoms with E-state index >= 15 is 0 Å². The summed E-state index contributed by atoms with van der Waals surface area (Å²) in [4.78, 5) is 14.9. The lowest BCUT2D eigenvalue weighted by Gasteiger charge is -2.36. The Morgan fingerprint density at radius 1 is 1.17 bits per heavy atom. The molecular formula is C21H26FN3O3S2. The number of sulfonamides is 1. The highest BCUT2D eigenvalue weighted by molar-refractivity contribution is 7.91. The summed E-state index contributed by atoms with van der Waals surface area (Å²) in [6, 6.07) is 9.46. The molecule has 2 aliphatic heterocycles. The first-order valence-corrected chi connectivity index (χ1v) is 12.5. The van der Waals surface area contributed by atoms with Gasteiger partial charge in [-0.2, -0.15) is 4.31 Å². The molecule has 1 aromatic heterocycles. The Labute approximate surface area is 180 Å². The minimum Gasteiger partial charge on any atom is -0.326 e. The van der Waals surface area contributed by atoms with Crippen molar-refractivity contribution in [3.05, 3.63) is 47.6 Å². The van der Waals surface area contributed by atoms with E-state index in [0.717, 1.165) is 19.3 Å². The second-order valence-corrected chi connectivity index (χ2v) is 11.2. The molecule has 9 heteroatoms. The summed E-state index contributed by atoms with van der Waals surface area (Å²) in [6.07, 6.45) is 2.35. The third kappa shape index (κ3) is 4.44. The van der Waals surface area contributed by atoms with Gasteiger partial charge in [0.15, 0.2) is 0 Å². The number of likely N-dealkylation sites (tertiary alicyclic amines) is 1. The standard InChI is InChI=1S/C21H26FN3O3S2/c1-24-14-16(21(26)23-18-6-4-17(22)5-7-18)13-19(24)15-8-10-25(11-9-15)30(27,28)20-3-2-12-29-20/h2-7,12,15-16,19H,8-11,13-14H2,1H3,(H,23,26). The van der Waals surface area contributed by atoms with Crippen molar-refractivity contribution < 1.29 is 17.6 Å². The fraction of sp³-hybridized carbons (Fsp3) is 0.476. The Morgan fingerprint density at radius 3 is 2.50 bits per heavy atom. The predicted octanol–water partition coefficient (Wildman–Crippen LogP) is 3.25. The maximum absolute atomic E-state index is 13.1. The number of nitrogens with one attached hydrogen (secondary N) is 1. The average Bonchev–Trinajstić information content (AvgIpc) is 3.40. The van der Waals surface area contributed by atoms with Crippen LogP contribution >= 0.6 is 11.3 Å². The van der Waals surface area contributed by atoms with Gasteiger partial charge in [0.05, 0.1) is 5.92 Å². The number of halogens is 1. The SMILES string of the molecule is CN1CC(C(=O)Nc2ccc(F)cc2)CC1C1CCN(S(=O)(=O)c2cccs2)CC1. The van der Waals surface area contributed by atoms with Crippen molar-refractivity contribution in [1.82, 2.24) is 9.21 Å². The molecule has 2 atom stereocenters. The number of rotatable bonds is 5. The van der Waals surface area contributed by atoms with Crippen molar-refractivity contribution in [1.29, 1.82) is 0 Å². The molecule has 2 fully saturated rings. The van der Waals surface area contributed by atoms with E-state index in [9.17, 15) is 17.6 Å². The van der Waals surface area contributed by atoms with E-state index < -0.39 is 10.0 Å². The average molecular weight is 452 g/mol. The molecule has 1 aromatic carbocycles. The number of thiophene rings is 1. The van der Waals surface area contributed by atoms with Gasteiger partial charge in [-0.1, -0.05) is 6.07 Å². The Morgan fingerprint density at radius 2 is 1.87 bits per heavy atom. The van der Waals surface area contributed by atoms with Gasteiger partial charge in [-0.3, -0.25) is 4.79 Å². The van der Waals surface area contributed by atoms with E-state index in [4.69, 9.17) is 0 Å². The van der Waals surface area contributed by atoms with Gasteiger partial charge in [-0.05, 0) is 67.9 Å². The van der Waals surface area contributed by atoms with Crippen LogP contribution in [0.25, 0.3) is 0 Å². The molecule has 0 bridgehead atoms. The van der Waals surface area contributed by atoms with E-state index in [-0.39, 0.29) is 23.7 Å². The van der Waals surface area contributed by atoms with Crippen LogP contribution in [0.3, 0.4) is 0 Å². The maximum Gasteiger partial charge on any atom is 0.252 e. The number of benzene rings is 1. The lowest BCUT2D eigenvalue weighted by Crippen LogP contribution is -2.43. The summed E-state index contributed by atoms with van der Waals surface area (Å²) in [7, 11) is -1.36. The second kappa shape index (κ2) is 8.74. The van der Waals surface area contributed by atoms with Gasteiger partial charge >= 0.3 is 0 Å². The Bertz CT molecular complexity index is 971. The van der Waals surface area contributed by atoms with Crippen LogP contribution in [0.15, 0.2) is 46.0 Å². The van der Waals surface area contributed by atoms with Crippen molar-refractivity contribution in [2.24, 2.45) is 11.8 Å². The zero-order valence-electron chi connectivity index (χ0n) is 16.8. The number of carbonyl (C=O) groups is 1. The van der Waals surface area contributed by atoms with Crippen LogP contribution in [0.4, 0.5) is 10.1 Å². The molecule has 0 spiro atoms. The van der Waals surface area contributed by atoms with Gasteiger partial charge in [-0.25, -0.2) is 12.8 Å². The van der Waals surface area contributed by atoms with Crippen LogP contribution in [0, 0.1) is 17.7 Å². The smallest absolute Gasteiger partial charge is 0.252 e. The molecule has 2 aromatic rings. The quantitative estimate of drug-likeness (QED) is 0.758. The van der Waals surface area contributed by atoms with Crippen molar-refractivity contribution in [2.45, 2.75) is 29.5 Å². The van der Waals surface area contributed by atoms with Crippen LogP contribution in [0.5, 0.6) is 0 Å². The van der Waals surface area contributed by atoms with Crippen LogP contribution in [0.2, 0.25) is 0 Å². The van der Waals surface area contributed by atoms with Gasteiger partial charge < -0.3 is 10.2 Å². The molecule has 0 radical (unpaired) electrons. The van der Waals surface area contributed by atoms with Crippen LogP contribution in [-0.4, -0.2) is 56.3 Å². The summed E-state index contributed by atoms with van der Waals surface area (Å²) in [5, 5.41) is 4.66. The minimum atomic E-state index is -3.39. The van der Waals surface area contributed by atoms with E-state index in [1.165, 1.54) is 23.5 Å². The maximum atomic E-state index is 13.1. The zero-order valence-corrected chi connectivity index (χ0v) is 18.5. The lowest BCUT2D eigenvalue weighted by molar-refractivity contribution is -0.119. The largest absolute Gasteiger partial charge is 0.326 e. The van der Waals surface area contributed by atoms with Crippen molar-refractivity contribution in [3.8, 4) is 0 Å². The molecular weight excluding hydrogens is 425 g/mol. The molecule has 6 nitrogen and oxygen atoms in total. The summed E-state index contributed by atoms with van der Waals surface area (Å²) in [6.45, 7) is 1.70. The number of carbonyl (C=O) groups excluding carboxylic acids is 1. The summed E-state index contributed by atoms with van der Waals surface area (Å²) >= 11 is 1.25. The molecule has 0 saturated carbocycles. The Hall–Kier alpha value is -1.81. The monoisotopic (exact) mass is 451 g/mol. The van der Waals surface area contributed by atoms with E-state index in [1.807, 2.05) is 7.05 Å². The minimum absolute atomic E-state index is 0.0475. The van der Waals surface area contributed by atoms with Gasteiger partial charge in [0, 0.05) is 31.4 Å². The van der Waals surface area contributed by atoms with Gasteiger partial charge in [0.2, 0.25) is 5.91 Å². The topological polar surface area (TPSA) is 69.7 Å². The molecule has 0 aliphatic carbocycles. The lowest BCUT2D eigenvalue weighted by atomic mass is 9.87. The van der Waals surface area contributed by atoms with Gasteiger partial charge in [-0.15, -0.1) is 11.3 Å². The first-order valence-electron chi connectivity index (χ1n) is 10.1. The third-order valence-electron chi connectivity index (χ3n) is 6.22.